The molecule has 0 aromatic heterocycles. The molecule has 0 saturated heterocycles. The van der Waals surface area contributed by atoms with Crippen molar-refractivity contribution in [3.05, 3.63) is 24.3 Å². The van der Waals surface area contributed by atoms with E-state index in [2.05, 4.69) is 54.1 Å². The second-order valence-electron chi connectivity index (χ2n) is 19.9. The van der Waals surface area contributed by atoms with Gasteiger partial charge in [0, 0.05) is 75.6 Å². The number of allylic oxidation sites excluding steroid dienone is 4. The molecule has 0 aliphatic carbocycles. The summed E-state index contributed by atoms with van der Waals surface area (Å²) >= 11 is 0. The number of rotatable bonds is 55. The maximum Gasteiger partial charge on any atom is 0.223 e. The zero-order chi connectivity index (χ0) is 52.1. The van der Waals surface area contributed by atoms with E-state index in [4.69, 9.17) is 16.9 Å². The van der Waals surface area contributed by atoms with Crippen molar-refractivity contribution in [2.45, 2.75) is 270 Å². The Kier molecular flexibility index (Phi) is 51.7. The smallest absolute Gasteiger partial charge is 0.223 e. The number of nitrogens with one attached hydrogen (secondary N) is 4. The Labute approximate surface area is 443 Å². The lowest BCUT2D eigenvalue weighted by Crippen LogP contribution is -2.34. The molecular formula is C58H108N6O5S2. The SMILES string of the molecule is CCCCCCCC/C=C\CCCCCCCCNC(=O)CCC(CC(=O)CCC(=O)NCCSSCCCC(=O)C(N)CCCCC(=N)N)C(=O)NCCCCCCCC/C=C\CCCCCCCC. The molecule has 0 aromatic carbocycles. The summed E-state index contributed by atoms with van der Waals surface area (Å²) in [7, 11) is 3.29. The van der Waals surface area contributed by atoms with Crippen molar-refractivity contribution in [1.82, 2.24) is 16.0 Å². The fourth-order valence-corrected chi connectivity index (χ4v) is 10.4. The first kappa shape index (κ1) is 68.4. The molecule has 71 heavy (non-hydrogen) atoms. The molecule has 0 spiro atoms. The van der Waals surface area contributed by atoms with E-state index in [-0.39, 0.29) is 60.8 Å². The highest BCUT2D eigenvalue weighted by molar-refractivity contribution is 8.76. The van der Waals surface area contributed by atoms with Crippen LogP contribution in [-0.4, -0.2) is 72.3 Å². The molecule has 0 aliphatic heterocycles. The third-order valence-electron chi connectivity index (χ3n) is 13.1. The van der Waals surface area contributed by atoms with Gasteiger partial charge in [-0.25, -0.2) is 0 Å². The topological polar surface area (TPSA) is 197 Å². The summed E-state index contributed by atoms with van der Waals surface area (Å²) < 4.78 is 0. The predicted octanol–water partition coefficient (Wildman–Crippen LogP) is 14.1. The number of nitrogens with two attached hydrogens (primary N) is 2. The summed E-state index contributed by atoms with van der Waals surface area (Å²) in [5.41, 5.74) is 11.4. The lowest BCUT2D eigenvalue weighted by molar-refractivity contribution is -0.131. The van der Waals surface area contributed by atoms with E-state index in [9.17, 15) is 24.0 Å². The van der Waals surface area contributed by atoms with Gasteiger partial charge in [0.05, 0.1) is 11.9 Å². The number of carbonyl (C=O) groups is 5. The van der Waals surface area contributed by atoms with Gasteiger partial charge in [-0.1, -0.05) is 182 Å². The molecule has 2 atom stereocenters. The Bertz CT molecular complexity index is 1380. The number of hydrogen-bond donors (Lipinski definition) is 6. The minimum absolute atomic E-state index is 0.0223. The maximum absolute atomic E-state index is 13.4. The van der Waals surface area contributed by atoms with Crippen molar-refractivity contribution >= 4 is 56.7 Å². The third kappa shape index (κ3) is 50.7. The van der Waals surface area contributed by atoms with Gasteiger partial charge in [0.2, 0.25) is 17.7 Å². The van der Waals surface area contributed by atoms with E-state index >= 15 is 0 Å². The van der Waals surface area contributed by atoms with Gasteiger partial charge in [0.25, 0.3) is 0 Å². The van der Waals surface area contributed by atoms with Gasteiger partial charge >= 0.3 is 0 Å². The van der Waals surface area contributed by atoms with Crippen molar-refractivity contribution in [1.29, 1.82) is 5.41 Å². The van der Waals surface area contributed by atoms with E-state index in [1.54, 1.807) is 21.6 Å². The molecule has 0 bridgehead atoms. The fraction of sp³-hybridized carbons (Fsp3) is 0.828. The number of Topliss-reactive ketones (excluding diaryl/α,β-unsaturated/α-hetero) is 2. The van der Waals surface area contributed by atoms with Crippen LogP contribution >= 0.6 is 21.6 Å². The Morgan fingerprint density at radius 1 is 0.465 bits per heavy atom. The van der Waals surface area contributed by atoms with Crippen molar-refractivity contribution in [2.24, 2.45) is 17.4 Å². The van der Waals surface area contributed by atoms with E-state index in [1.165, 1.54) is 141 Å². The molecule has 0 aliphatic rings. The molecule has 3 amide bonds. The van der Waals surface area contributed by atoms with Gasteiger partial charge in [-0.15, -0.1) is 0 Å². The normalized spacial score (nSPS) is 12.4. The van der Waals surface area contributed by atoms with E-state index in [0.29, 0.717) is 51.1 Å². The van der Waals surface area contributed by atoms with Crippen LogP contribution in [0.1, 0.15) is 264 Å². The standard InChI is InChI=1S/C58H108N6O5S2/c1-3-5-7-9-11-13-15-17-19-21-23-25-27-29-31-35-45-62-56(67)43-41-51(58(69)64-46-36-32-30-28-26-24-22-20-18-16-14-12-10-8-6-4-2)50-52(65)42-44-57(68)63-47-49-71-70-48-37-39-54(66)53(59)38-33-34-40-55(60)61/h17-20,51,53H,3-16,21-50,59H2,1-2H3,(H3,60,61)(H,62,67)(H,63,68)(H,64,69)/b19-17-,20-18-. The Morgan fingerprint density at radius 3 is 1.44 bits per heavy atom. The number of carbonyl (C=O) groups excluding carboxylic acids is 5. The highest BCUT2D eigenvalue weighted by Gasteiger charge is 2.23. The van der Waals surface area contributed by atoms with Crippen LogP contribution in [0.25, 0.3) is 0 Å². The second-order valence-corrected chi connectivity index (χ2v) is 22.6. The molecule has 0 radical (unpaired) electrons. The van der Waals surface area contributed by atoms with Gasteiger partial charge in [-0.05, 0) is 89.9 Å². The average molecular weight is 1030 g/mol. The fourth-order valence-electron chi connectivity index (χ4n) is 8.45. The summed E-state index contributed by atoms with van der Waals surface area (Å²) in [6.45, 7) is 6.18. The van der Waals surface area contributed by atoms with Gasteiger partial charge in [-0.2, -0.15) is 0 Å². The largest absolute Gasteiger partial charge is 0.388 e. The van der Waals surface area contributed by atoms with E-state index in [0.717, 1.165) is 63.5 Å². The number of ketones is 2. The summed E-state index contributed by atoms with van der Waals surface area (Å²) in [4.78, 5) is 64.2. The molecule has 0 rings (SSSR count). The minimum Gasteiger partial charge on any atom is -0.388 e. The van der Waals surface area contributed by atoms with Gasteiger partial charge in [0.15, 0.2) is 0 Å². The molecular weight excluding hydrogens is 925 g/mol. The highest BCUT2D eigenvalue weighted by Crippen LogP contribution is 2.22. The van der Waals surface area contributed by atoms with E-state index in [1.807, 2.05) is 0 Å². The van der Waals surface area contributed by atoms with Crippen LogP contribution < -0.4 is 27.4 Å². The molecule has 8 N–H and O–H groups in total. The Hall–Kier alpha value is -2.64. The molecule has 0 aromatic rings. The zero-order valence-electron chi connectivity index (χ0n) is 45.6. The first-order chi connectivity index (χ1) is 34.6. The van der Waals surface area contributed by atoms with E-state index < -0.39 is 12.0 Å². The van der Waals surface area contributed by atoms with Gasteiger partial charge < -0.3 is 27.4 Å². The van der Waals surface area contributed by atoms with Crippen LogP contribution in [0.15, 0.2) is 24.3 Å². The monoisotopic (exact) mass is 1030 g/mol. The van der Waals surface area contributed by atoms with Crippen molar-refractivity contribution in [3.8, 4) is 0 Å². The second kappa shape index (κ2) is 53.6. The lowest BCUT2D eigenvalue weighted by atomic mass is 9.94. The number of unbranched alkanes of at least 4 members (excludes halogenated alkanes) is 25. The van der Waals surface area contributed by atoms with Gasteiger partial charge in [-0.3, -0.25) is 29.4 Å². The number of amidine groups is 1. The summed E-state index contributed by atoms with van der Waals surface area (Å²) in [6.07, 6.45) is 48.4. The van der Waals surface area contributed by atoms with Crippen LogP contribution in [0, 0.1) is 11.3 Å². The van der Waals surface area contributed by atoms with Crippen LogP contribution in [0.3, 0.4) is 0 Å². The summed E-state index contributed by atoms with van der Waals surface area (Å²) in [6, 6.07) is -0.463. The van der Waals surface area contributed by atoms with Crippen LogP contribution in [0.2, 0.25) is 0 Å². The van der Waals surface area contributed by atoms with Crippen molar-refractivity contribution in [2.75, 3.05) is 31.1 Å². The molecule has 0 saturated carbocycles. The van der Waals surface area contributed by atoms with Crippen LogP contribution in [0.4, 0.5) is 0 Å². The quantitative estimate of drug-likeness (QED) is 0.0113. The summed E-state index contributed by atoms with van der Waals surface area (Å²) in [5, 5.41) is 16.3. The molecule has 412 valence electrons. The number of amides is 3. The molecule has 0 heterocycles. The van der Waals surface area contributed by atoms with Crippen molar-refractivity contribution in [3.63, 3.8) is 0 Å². The van der Waals surface area contributed by atoms with Crippen molar-refractivity contribution < 1.29 is 24.0 Å². The Balaban J connectivity index is 4.54. The van der Waals surface area contributed by atoms with Crippen LogP contribution in [-0.2, 0) is 24.0 Å². The Morgan fingerprint density at radius 2 is 0.915 bits per heavy atom. The lowest BCUT2D eigenvalue weighted by Gasteiger charge is -2.16. The van der Waals surface area contributed by atoms with Crippen LogP contribution in [0.5, 0.6) is 0 Å². The highest BCUT2D eigenvalue weighted by atomic mass is 33.1. The maximum atomic E-state index is 13.4. The summed E-state index contributed by atoms with van der Waals surface area (Å²) in [5.74, 6) is 0.528. The predicted molar refractivity (Wildman–Crippen MR) is 307 cm³/mol. The first-order valence-corrected chi connectivity index (χ1v) is 31.6. The minimum atomic E-state index is -0.604. The third-order valence-corrected chi connectivity index (χ3v) is 15.6. The molecule has 13 heteroatoms. The molecule has 2 unspecified atom stereocenters. The van der Waals surface area contributed by atoms with Gasteiger partial charge in [0.1, 0.15) is 11.6 Å². The number of hydrogen-bond acceptors (Lipinski definition) is 9. The zero-order valence-corrected chi connectivity index (χ0v) is 47.2. The first-order valence-electron chi connectivity index (χ1n) is 29.1. The molecule has 11 nitrogen and oxygen atoms in total. The average Bonchev–Trinajstić information content (AvgIpc) is 3.35. The molecule has 0 fully saturated rings.